The fourth-order valence-electron chi connectivity index (χ4n) is 1.28. The molecule has 1 nitrogen and oxygen atoms in total. The van der Waals surface area contributed by atoms with Gasteiger partial charge < -0.3 is 5.73 Å². The first-order chi connectivity index (χ1) is 5.25. The van der Waals surface area contributed by atoms with Crippen LogP contribution in [0.3, 0.4) is 0 Å². The molecule has 0 aliphatic heterocycles. The summed E-state index contributed by atoms with van der Waals surface area (Å²) in [6, 6.07) is 0. The molecule has 1 rings (SSSR count). The molecule has 2 N–H and O–H groups in total. The van der Waals surface area contributed by atoms with E-state index < -0.39 is 0 Å². The van der Waals surface area contributed by atoms with Gasteiger partial charge in [-0.05, 0) is 29.7 Å². The zero-order chi connectivity index (χ0) is 8.27. The minimum Gasteiger partial charge on any atom is -0.405 e. The SMILES string of the molecule is CC1C=CC=C(/C=C\N)C1C. The Bertz CT molecular complexity index is 211. The fraction of sp³-hybridized carbons (Fsp3) is 0.400. The van der Waals surface area contributed by atoms with Crippen molar-refractivity contribution >= 4 is 0 Å². The van der Waals surface area contributed by atoms with E-state index in [0.29, 0.717) is 11.8 Å². The lowest BCUT2D eigenvalue weighted by Crippen LogP contribution is -2.10. The maximum absolute atomic E-state index is 5.32. The molecule has 2 unspecified atom stereocenters. The van der Waals surface area contributed by atoms with Crippen LogP contribution >= 0.6 is 0 Å². The number of allylic oxidation sites excluding steroid dienone is 5. The van der Waals surface area contributed by atoms with Crippen LogP contribution in [0, 0.1) is 11.8 Å². The average Bonchev–Trinajstić information content (AvgIpc) is 1.99. The van der Waals surface area contributed by atoms with Crippen LogP contribution in [0.15, 0.2) is 36.1 Å². The monoisotopic (exact) mass is 149 g/mol. The van der Waals surface area contributed by atoms with E-state index in [-0.39, 0.29) is 0 Å². The quantitative estimate of drug-likeness (QED) is 0.608. The minimum atomic E-state index is 0.597. The molecule has 60 valence electrons. The van der Waals surface area contributed by atoms with Crippen LogP contribution in [0.25, 0.3) is 0 Å². The predicted octanol–water partition coefficient (Wildman–Crippen LogP) is 2.23. The predicted molar refractivity (Wildman–Crippen MR) is 48.9 cm³/mol. The minimum absolute atomic E-state index is 0.597. The van der Waals surface area contributed by atoms with Crippen molar-refractivity contribution in [3.05, 3.63) is 36.1 Å². The Morgan fingerprint density at radius 1 is 1.45 bits per heavy atom. The Morgan fingerprint density at radius 3 is 2.82 bits per heavy atom. The molecule has 0 aromatic heterocycles. The van der Waals surface area contributed by atoms with Crippen molar-refractivity contribution in [1.29, 1.82) is 0 Å². The normalized spacial score (nSPS) is 30.9. The van der Waals surface area contributed by atoms with Gasteiger partial charge in [-0.1, -0.05) is 32.1 Å². The Morgan fingerprint density at radius 2 is 2.18 bits per heavy atom. The van der Waals surface area contributed by atoms with E-state index >= 15 is 0 Å². The highest BCUT2D eigenvalue weighted by atomic mass is 14.5. The van der Waals surface area contributed by atoms with Gasteiger partial charge in [0.15, 0.2) is 0 Å². The van der Waals surface area contributed by atoms with Crippen molar-refractivity contribution in [2.45, 2.75) is 13.8 Å². The molecule has 0 saturated carbocycles. The number of nitrogens with two attached hydrogens (primary N) is 1. The second kappa shape index (κ2) is 3.42. The Kier molecular flexibility index (Phi) is 2.53. The largest absolute Gasteiger partial charge is 0.405 e. The van der Waals surface area contributed by atoms with Crippen molar-refractivity contribution in [3.63, 3.8) is 0 Å². The topological polar surface area (TPSA) is 26.0 Å². The summed E-state index contributed by atoms with van der Waals surface area (Å²) in [7, 11) is 0. The van der Waals surface area contributed by atoms with Crippen LogP contribution in [-0.2, 0) is 0 Å². The molecule has 1 aliphatic rings. The summed E-state index contributed by atoms with van der Waals surface area (Å²) in [6.07, 6.45) is 10.0. The molecule has 0 aromatic rings. The van der Waals surface area contributed by atoms with Crippen LogP contribution in [0.2, 0.25) is 0 Å². The second-order valence-electron chi connectivity index (χ2n) is 3.06. The number of hydrogen-bond acceptors (Lipinski definition) is 1. The summed E-state index contributed by atoms with van der Waals surface area (Å²) < 4.78 is 0. The molecule has 0 heterocycles. The summed E-state index contributed by atoms with van der Waals surface area (Å²) in [5, 5.41) is 0. The first kappa shape index (κ1) is 8.12. The van der Waals surface area contributed by atoms with Gasteiger partial charge in [0.25, 0.3) is 0 Å². The molecular formula is C10H15N. The van der Waals surface area contributed by atoms with Crippen LogP contribution < -0.4 is 5.73 Å². The smallest absolute Gasteiger partial charge is 0.00595 e. The second-order valence-corrected chi connectivity index (χ2v) is 3.06. The zero-order valence-corrected chi connectivity index (χ0v) is 7.12. The molecule has 0 bridgehead atoms. The van der Waals surface area contributed by atoms with E-state index in [1.54, 1.807) is 6.20 Å². The molecule has 0 saturated heterocycles. The summed E-state index contributed by atoms with van der Waals surface area (Å²) in [4.78, 5) is 0. The third-order valence-corrected chi connectivity index (χ3v) is 2.31. The molecule has 0 amide bonds. The van der Waals surface area contributed by atoms with Crippen LogP contribution in [0.4, 0.5) is 0 Å². The molecule has 0 spiro atoms. The van der Waals surface area contributed by atoms with Crippen molar-refractivity contribution in [3.8, 4) is 0 Å². The van der Waals surface area contributed by atoms with E-state index in [2.05, 4.69) is 32.1 Å². The van der Waals surface area contributed by atoms with E-state index in [0.717, 1.165) is 0 Å². The van der Waals surface area contributed by atoms with E-state index in [9.17, 15) is 0 Å². The third kappa shape index (κ3) is 1.73. The number of hydrogen-bond donors (Lipinski definition) is 1. The molecule has 0 radical (unpaired) electrons. The third-order valence-electron chi connectivity index (χ3n) is 2.31. The standard InChI is InChI=1S/C10H15N/c1-8-4-3-5-10(6-7-11)9(8)2/h3-9H,11H2,1-2H3/b7-6-. The van der Waals surface area contributed by atoms with Crippen molar-refractivity contribution in [2.24, 2.45) is 17.6 Å². The fourth-order valence-corrected chi connectivity index (χ4v) is 1.28. The van der Waals surface area contributed by atoms with Crippen molar-refractivity contribution in [2.75, 3.05) is 0 Å². The summed E-state index contributed by atoms with van der Waals surface area (Å²) in [5.41, 5.74) is 6.64. The molecule has 0 aromatic carbocycles. The lowest BCUT2D eigenvalue weighted by Gasteiger charge is -2.20. The lowest BCUT2D eigenvalue weighted by molar-refractivity contribution is 0.532. The molecule has 1 aliphatic carbocycles. The van der Waals surface area contributed by atoms with Gasteiger partial charge in [-0.15, -0.1) is 0 Å². The van der Waals surface area contributed by atoms with Gasteiger partial charge in [-0.25, -0.2) is 0 Å². The van der Waals surface area contributed by atoms with Gasteiger partial charge in [0.2, 0.25) is 0 Å². The maximum Gasteiger partial charge on any atom is -0.00595 e. The Balaban J connectivity index is 2.78. The highest BCUT2D eigenvalue weighted by Crippen LogP contribution is 2.25. The molecule has 0 fully saturated rings. The van der Waals surface area contributed by atoms with E-state index in [1.807, 2.05) is 6.08 Å². The van der Waals surface area contributed by atoms with Crippen molar-refractivity contribution in [1.82, 2.24) is 0 Å². The molecular weight excluding hydrogens is 134 g/mol. The summed E-state index contributed by atoms with van der Waals surface area (Å²) >= 11 is 0. The maximum atomic E-state index is 5.32. The van der Waals surface area contributed by atoms with Gasteiger partial charge in [0.1, 0.15) is 0 Å². The van der Waals surface area contributed by atoms with Gasteiger partial charge in [0.05, 0.1) is 0 Å². The zero-order valence-electron chi connectivity index (χ0n) is 7.12. The first-order valence-electron chi connectivity index (χ1n) is 4.02. The van der Waals surface area contributed by atoms with Crippen LogP contribution in [0.5, 0.6) is 0 Å². The molecule has 1 heteroatoms. The summed E-state index contributed by atoms with van der Waals surface area (Å²) in [6.45, 7) is 4.44. The highest BCUT2D eigenvalue weighted by molar-refractivity contribution is 5.30. The van der Waals surface area contributed by atoms with Crippen LogP contribution in [-0.4, -0.2) is 0 Å². The summed E-state index contributed by atoms with van der Waals surface area (Å²) in [5.74, 6) is 1.23. The number of rotatable bonds is 1. The Labute approximate surface area is 68.3 Å². The van der Waals surface area contributed by atoms with E-state index in [4.69, 9.17) is 5.73 Å². The van der Waals surface area contributed by atoms with Gasteiger partial charge in [-0.3, -0.25) is 0 Å². The van der Waals surface area contributed by atoms with E-state index in [1.165, 1.54) is 5.57 Å². The average molecular weight is 149 g/mol. The van der Waals surface area contributed by atoms with Crippen molar-refractivity contribution < 1.29 is 0 Å². The van der Waals surface area contributed by atoms with Gasteiger partial charge >= 0.3 is 0 Å². The Hall–Kier alpha value is -0.980. The highest BCUT2D eigenvalue weighted by Gasteiger charge is 2.14. The van der Waals surface area contributed by atoms with Gasteiger partial charge in [0, 0.05) is 0 Å². The molecule has 11 heavy (non-hydrogen) atoms. The molecule has 2 atom stereocenters. The van der Waals surface area contributed by atoms with Gasteiger partial charge in [-0.2, -0.15) is 0 Å². The lowest BCUT2D eigenvalue weighted by atomic mass is 9.85. The van der Waals surface area contributed by atoms with Crippen LogP contribution in [0.1, 0.15) is 13.8 Å². The first-order valence-corrected chi connectivity index (χ1v) is 4.02.